The second kappa shape index (κ2) is 8.99. The van der Waals surface area contributed by atoms with E-state index in [4.69, 9.17) is 11.6 Å². The Morgan fingerprint density at radius 3 is 2.23 bits per heavy atom. The van der Waals surface area contributed by atoms with Crippen LogP contribution in [0.25, 0.3) is 0 Å². The monoisotopic (exact) mass is 455 g/mol. The molecule has 1 amide bonds. The number of hydrogen-bond donors (Lipinski definition) is 2. The molecule has 4 rings (SSSR count). The summed E-state index contributed by atoms with van der Waals surface area (Å²) < 4.78 is 27.6. The van der Waals surface area contributed by atoms with Gasteiger partial charge in [0, 0.05) is 40.7 Å². The molecule has 0 spiro atoms. The van der Waals surface area contributed by atoms with E-state index < -0.39 is 10.0 Å². The Bertz CT molecular complexity index is 1170. The molecule has 1 aliphatic rings. The van der Waals surface area contributed by atoms with Crippen molar-refractivity contribution in [2.75, 3.05) is 28.0 Å². The van der Waals surface area contributed by atoms with Crippen molar-refractivity contribution < 1.29 is 13.2 Å². The zero-order valence-electron chi connectivity index (χ0n) is 16.7. The van der Waals surface area contributed by atoms with Gasteiger partial charge in [0.05, 0.1) is 4.90 Å². The van der Waals surface area contributed by atoms with Gasteiger partial charge >= 0.3 is 0 Å². The molecule has 0 saturated carbocycles. The maximum absolute atomic E-state index is 12.6. The number of amides is 1. The van der Waals surface area contributed by atoms with E-state index in [-0.39, 0.29) is 10.8 Å². The molecule has 0 unspecified atom stereocenters. The van der Waals surface area contributed by atoms with Gasteiger partial charge in [-0.1, -0.05) is 17.7 Å². The molecular weight excluding hydrogens is 434 g/mol. The van der Waals surface area contributed by atoms with Gasteiger partial charge in [-0.25, -0.2) is 8.42 Å². The standard InChI is InChI=1S/C23H22ClN3O3S/c24-18-8-10-19(11-9-18)26-31(29,30)22-12-6-17(7-13-22)23(28)25-20-4-3-5-21(16-20)27-14-1-2-15-27/h3-13,16,26H,1-2,14-15H2,(H,25,28). The predicted octanol–water partition coefficient (Wildman–Crippen LogP) is 4.99. The number of anilines is 3. The summed E-state index contributed by atoms with van der Waals surface area (Å²) in [7, 11) is -3.77. The van der Waals surface area contributed by atoms with Crippen LogP contribution in [0.3, 0.4) is 0 Å². The van der Waals surface area contributed by atoms with E-state index in [0.717, 1.165) is 18.8 Å². The quantitative estimate of drug-likeness (QED) is 0.548. The van der Waals surface area contributed by atoms with Crippen molar-refractivity contribution in [1.82, 2.24) is 0 Å². The molecule has 1 saturated heterocycles. The van der Waals surface area contributed by atoms with Gasteiger partial charge < -0.3 is 10.2 Å². The van der Waals surface area contributed by atoms with Crippen molar-refractivity contribution >= 4 is 44.6 Å². The Hall–Kier alpha value is -3.03. The zero-order valence-corrected chi connectivity index (χ0v) is 18.3. The van der Waals surface area contributed by atoms with Gasteiger partial charge in [0.15, 0.2) is 0 Å². The van der Waals surface area contributed by atoms with Crippen LogP contribution in [0.1, 0.15) is 23.2 Å². The highest BCUT2D eigenvalue weighted by atomic mass is 35.5. The molecule has 0 bridgehead atoms. The average molecular weight is 456 g/mol. The molecule has 1 fully saturated rings. The molecule has 2 N–H and O–H groups in total. The molecule has 1 aliphatic heterocycles. The Morgan fingerprint density at radius 2 is 1.55 bits per heavy atom. The summed E-state index contributed by atoms with van der Waals surface area (Å²) >= 11 is 5.83. The summed E-state index contributed by atoms with van der Waals surface area (Å²) in [5.74, 6) is -0.298. The lowest BCUT2D eigenvalue weighted by molar-refractivity contribution is 0.102. The van der Waals surface area contributed by atoms with Gasteiger partial charge in [0.25, 0.3) is 15.9 Å². The SMILES string of the molecule is O=C(Nc1cccc(N2CCCC2)c1)c1ccc(S(=O)(=O)Nc2ccc(Cl)cc2)cc1. The van der Waals surface area contributed by atoms with E-state index >= 15 is 0 Å². The number of nitrogens with one attached hydrogen (secondary N) is 2. The second-order valence-electron chi connectivity index (χ2n) is 7.34. The summed E-state index contributed by atoms with van der Waals surface area (Å²) in [4.78, 5) is 15.0. The van der Waals surface area contributed by atoms with E-state index in [0.29, 0.717) is 22.0 Å². The van der Waals surface area contributed by atoms with Crippen LogP contribution in [0.2, 0.25) is 5.02 Å². The lowest BCUT2D eigenvalue weighted by atomic mass is 10.2. The molecule has 3 aromatic carbocycles. The minimum absolute atomic E-state index is 0.0648. The van der Waals surface area contributed by atoms with E-state index in [2.05, 4.69) is 14.9 Å². The molecule has 0 aromatic heterocycles. The maximum atomic E-state index is 12.6. The van der Waals surface area contributed by atoms with Crippen LogP contribution in [-0.4, -0.2) is 27.4 Å². The molecule has 8 heteroatoms. The number of sulfonamides is 1. The first-order valence-corrected chi connectivity index (χ1v) is 11.8. The number of nitrogens with zero attached hydrogens (tertiary/aromatic N) is 1. The first kappa shape index (κ1) is 21.2. The smallest absolute Gasteiger partial charge is 0.261 e. The van der Waals surface area contributed by atoms with E-state index in [1.165, 1.54) is 37.1 Å². The van der Waals surface area contributed by atoms with Crippen molar-refractivity contribution in [3.05, 3.63) is 83.4 Å². The van der Waals surface area contributed by atoms with Gasteiger partial charge in [-0.3, -0.25) is 9.52 Å². The summed E-state index contributed by atoms with van der Waals surface area (Å²) in [5.41, 5.74) is 2.57. The minimum Gasteiger partial charge on any atom is -0.371 e. The third-order valence-electron chi connectivity index (χ3n) is 5.10. The normalized spacial score (nSPS) is 13.8. The van der Waals surface area contributed by atoms with Crippen LogP contribution in [0.4, 0.5) is 17.1 Å². The zero-order chi connectivity index (χ0) is 21.8. The van der Waals surface area contributed by atoms with Crippen molar-refractivity contribution in [3.63, 3.8) is 0 Å². The molecule has 160 valence electrons. The van der Waals surface area contributed by atoms with Gasteiger partial charge in [-0.2, -0.15) is 0 Å². The highest BCUT2D eigenvalue weighted by Gasteiger charge is 2.16. The molecule has 0 aliphatic carbocycles. The number of carbonyl (C=O) groups excluding carboxylic acids is 1. The van der Waals surface area contributed by atoms with Crippen LogP contribution in [-0.2, 0) is 10.0 Å². The lowest BCUT2D eigenvalue weighted by Gasteiger charge is -2.18. The molecule has 3 aromatic rings. The predicted molar refractivity (Wildman–Crippen MR) is 125 cm³/mol. The Balaban J connectivity index is 1.44. The molecule has 6 nitrogen and oxygen atoms in total. The number of benzene rings is 3. The summed E-state index contributed by atoms with van der Waals surface area (Å²) in [5, 5.41) is 3.40. The third kappa shape index (κ3) is 5.18. The van der Waals surface area contributed by atoms with Crippen LogP contribution < -0.4 is 14.9 Å². The number of hydrogen-bond acceptors (Lipinski definition) is 4. The van der Waals surface area contributed by atoms with Gasteiger partial charge in [-0.05, 0) is 79.6 Å². The van der Waals surface area contributed by atoms with E-state index in [9.17, 15) is 13.2 Å². The summed E-state index contributed by atoms with van der Waals surface area (Å²) in [6, 6.07) is 19.9. The van der Waals surface area contributed by atoms with Crippen molar-refractivity contribution in [1.29, 1.82) is 0 Å². The number of rotatable bonds is 6. The Kier molecular flexibility index (Phi) is 6.15. The molecule has 1 heterocycles. The average Bonchev–Trinajstić information content (AvgIpc) is 3.31. The highest BCUT2D eigenvalue weighted by molar-refractivity contribution is 7.92. The number of halogens is 1. The first-order valence-electron chi connectivity index (χ1n) is 9.95. The van der Waals surface area contributed by atoms with Crippen LogP contribution >= 0.6 is 11.6 Å². The lowest BCUT2D eigenvalue weighted by Crippen LogP contribution is -2.18. The Labute approximate surface area is 186 Å². The Morgan fingerprint density at radius 1 is 0.871 bits per heavy atom. The summed E-state index contributed by atoms with van der Waals surface area (Å²) in [6.45, 7) is 2.05. The van der Waals surface area contributed by atoms with E-state index in [1.54, 1.807) is 24.3 Å². The van der Waals surface area contributed by atoms with Crippen molar-refractivity contribution in [2.24, 2.45) is 0 Å². The largest absolute Gasteiger partial charge is 0.371 e. The molecule has 0 radical (unpaired) electrons. The third-order valence-corrected chi connectivity index (χ3v) is 6.75. The fourth-order valence-corrected chi connectivity index (χ4v) is 4.66. The van der Waals surface area contributed by atoms with Crippen LogP contribution in [0.5, 0.6) is 0 Å². The van der Waals surface area contributed by atoms with Gasteiger partial charge in [-0.15, -0.1) is 0 Å². The van der Waals surface area contributed by atoms with Gasteiger partial charge in [0.1, 0.15) is 0 Å². The molecule has 31 heavy (non-hydrogen) atoms. The fraction of sp³-hybridized carbons (Fsp3) is 0.174. The fourth-order valence-electron chi connectivity index (χ4n) is 3.48. The maximum Gasteiger partial charge on any atom is 0.261 e. The van der Waals surface area contributed by atoms with Crippen LogP contribution in [0.15, 0.2) is 77.7 Å². The van der Waals surface area contributed by atoms with Crippen molar-refractivity contribution in [3.8, 4) is 0 Å². The second-order valence-corrected chi connectivity index (χ2v) is 9.45. The van der Waals surface area contributed by atoms with E-state index in [1.807, 2.05) is 24.3 Å². The highest BCUT2D eigenvalue weighted by Crippen LogP contribution is 2.24. The van der Waals surface area contributed by atoms with Gasteiger partial charge in [0.2, 0.25) is 0 Å². The number of carbonyl (C=O) groups is 1. The molecular formula is C23H22ClN3O3S. The van der Waals surface area contributed by atoms with Crippen LogP contribution in [0, 0.1) is 0 Å². The first-order chi connectivity index (χ1) is 14.9. The molecule has 0 atom stereocenters. The minimum atomic E-state index is -3.77. The van der Waals surface area contributed by atoms with Crippen molar-refractivity contribution in [2.45, 2.75) is 17.7 Å². The topological polar surface area (TPSA) is 78.5 Å². The summed E-state index contributed by atoms with van der Waals surface area (Å²) in [6.07, 6.45) is 2.36.